The molecule has 0 aromatic heterocycles. The Kier molecular flexibility index (Phi) is 4.14. The van der Waals surface area contributed by atoms with Crippen molar-refractivity contribution in [3.63, 3.8) is 0 Å². The van der Waals surface area contributed by atoms with Crippen LogP contribution in [0.4, 0.5) is 0 Å². The summed E-state index contributed by atoms with van der Waals surface area (Å²) in [6.07, 6.45) is -0.265. The molecule has 2 nitrogen and oxygen atoms in total. The molecule has 1 aromatic rings. The van der Waals surface area contributed by atoms with Crippen LogP contribution in [0, 0.1) is 0 Å². The zero-order valence-corrected chi connectivity index (χ0v) is 8.48. The summed E-state index contributed by atoms with van der Waals surface area (Å²) >= 11 is 5.46. The summed E-state index contributed by atoms with van der Waals surface area (Å²) in [7, 11) is 0. The van der Waals surface area contributed by atoms with E-state index in [-0.39, 0.29) is 5.88 Å². The van der Waals surface area contributed by atoms with Crippen molar-refractivity contribution < 1.29 is 10.2 Å². The lowest BCUT2D eigenvalue weighted by atomic mass is 9.99. The Morgan fingerprint density at radius 3 is 2.57 bits per heavy atom. The lowest BCUT2D eigenvalue weighted by Gasteiger charge is -2.17. The third-order valence-electron chi connectivity index (χ3n) is 2.06. The predicted octanol–water partition coefficient (Wildman–Crippen LogP) is 1.96. The maximum Gasteiger partial charge on any atom is 0.107 e. The molecule has 2 atom stereocenters. The van der Waals surface area contributed by atoms with E-state index in [4.69, 9.17) is 11.6 Å². The molecule has 0 heterocycles. The van der Waals surface area contributed by atoms with Gasteiger partial charge in [-0.25, -0.2) is 0 Å². The third-order valence-corrected chi connectivity index (χ3v) is 2.37. The summed E-state index contributed by atoms with van der Waals surface area (Å²) in [6.45, 7) is 3.63. The molecule has 0 aliphatic heterocycles. The van der Waals surface area contributed by atoms with Crippen molar-refractivity contribution in [3.8, 4) is 0 Å². The number of aliphatic hydroxyl groups is 2. The summed E-state index contributed by atoms with van der Waals surface area (Å²) in [5, 5.41) is 19.1. The van der Waals surface area contributed by atoms with Gasteiger partial charge in [-0.2, -0.15) is 0 Å². The fourth-order valence-corrected chi connectivity index (χ4v) is 1.43. The van der Waals surface area contributed by atoms with E-state index in [2.05, 4.69) is 6.58 Å². The summed E-state index contributed by atoms with van der Waals surface area (Å²) < 4.78 is 0. The minimum Gasteiger partial charge on any atom is -0.389 e. The minimum absolute atomic E-state index is 0.00659. The van der Waals surface area contributed by atoms with Crippen molar-refractivity contribution in [2.75, 3.05) is 5.88 Å². The fraction of sp³-hybridized carbons (Fsp3) is 0.273. The van der Waals surface area contributed by atoms with Crippen LogP contribution in [0.2, 0.25) is 0 Å². The molecular weight excluding hydrogens is 200 g/mol. The van der Waals surface area contributed by atoms with E-state index < -0.39 is 12.2 Å². The molecule has 0 spiro atoms. The maximum absolute atomic E-state index is 9.72. The third kappa shape index (κ3) is 2.35. The van der Waals surface area contributed by atoms with Crippen LogP contribution in [0.3, 0.4) is 0 Å². The smallest absolute Gasteiger partial charge is 0.107 e. The number of hydrogen-bond acceptors (Lipinski definition) is 2. The molecule has 0 aliphatic carbocycles. The first-order chi connectivity index (χ1) is 6.70. The molecule has 1 rings (SSSR count). The standard InChI is InChI=1S/C11H13ClO2/c1-2-8-5-3-4-6-9(8)11(14)10(13)7-12/h2-6,10-11,13-14H,1,7H2. The second kappa shape index (κ2) is 5.15. The molecule has 14 heavy (non-hydrogen) atoms. The highest BCUT2D eigenvalue weighted by atomic mass is 35.5. The second-order valence-electron chi connectivity index (χ2n) is 3.00. The van der Waals surface area contributed by atoms with Crippen molar-refractivity contribution >= 4 is 17.7 Å². The fourth-order valence-electron chi connectivity index (χ4n) is 1.26. The Labute approximate surface area is 88.5 Å². The van der Waals surface area contributed by atoms with Gasteiger partial charge in [0.2, 0.25) is 0 Å². The average molecular weight is 213 g/mol. The molecule has 0 saturated carbocycles. The molecule has 3 heteroatoms. The van der Waals surface area contributed by atoms with Gasteiger partial charge in [0.15, 0.2) is 0 Å². The van der Waals surface area contributed by atoms with E-state index in [1.54, 1.807) is 18.2 Å². The zero-order valence-electron chi connectivity index (χ0n) is 7.73. The maximum atomic E-state index is 9.72. The van der Waals surface area contributed by atoms with E-state index in [1.165, 1.54) is 0 Å². The Bertz CT molecular complexity index is 312. The zero-order chi connectivity index (χ0) is 10.6. The van der Waals surface area contributed by atoms with Crippen molar-refractivity contribution in [2.24, 2.45) is 0 Å². The Morgan fingerprint density at radius 2 is 2.00 bits per heavy atom. The van der Waals surface area contributed by atoms with Crippen LogP contribution in [0.15, 0.2) is 30.8 Å². The Hall–Kier alpha value is -0.830. The highest BCUT2D eigenvalue weighted by Crippen LogP contribution is 2.22. The molecule has 0 saturated heterocycles. The molecular formula is C11H13ClO2. The first kappa shape index (κ1) is 11.2. The summed E-state index contributed by atoms with van der Waals surface area (Å²) in [5.41, 5.74) is 1.46. The largest absolute Gasteiger partial charge is 0.389 e. The van der Waals surface area contributed by atoms with Gasteiger partial charge in [0.25, 0.3) is 0 Å². The lowest BCUT2D eigenvalue weighted by molar-refractivity contribution is 0.0326. The predicted molar refractivity (Wildman–Crippen MR) is 58.2 cm³/mol. The highest BCUT2D eigenvalue weighted by molar-refractivity contribution is 6.18. The average Bonchev–Trinajstić information content (AvgIpc) is 2.26. The molecule has 0 aliphatic rings. The van der Waals surface area contributed by atoms with Crippen molar-refractivity contribution in [1.29, 1.82) is 0 Å². The van der Waals surface area contributed by atoms with Gasteiger partial charge in [-0.15, -0.1) is 11.6 Å². The van der Waals surface area contributed by atoms with Crippen LogP contribution in [-0.4, -0.2) is 22.2 Å². The molecule has 0 radical (unpaired) electrons. The molecule has 76 valence electrons. The summed E-state index contributed by atoms with van der Waals surface area (Å²) in [4.78, 5) is 0. The molecule has 0 fully saturated rings. The topological polar surface area (TPSA) is 40.5 Å². The summed E-state index contributed by atoms with van der Waals surface area (Å²) in [5.74, 6) is 0.00659. The van der Waals surface area contributed by atoms with E-state index in [1.807, 2.05) is 12.1 Å². The van der Waals surface area contributed by atoms with E-state index in [0.717, 1.165) is 5.56 Å². The first-order valence-corrected chi connectivity index (χ1v) is 4.87. The monoisotopic (exact) mass is 212 g/mol. The number of halogens is 1. The van der Waals surface area contributed by atoms with Crippen LogP contribution in [0.1, 0.15) is 17.2 Å². The van der Waals surface area contributed by atoms with Gasteiger partial charge in [0.05, 0.1) is 12.0 Å². The van der Waals surface area contributed by atoms with Crippen LogP contribution in [0.25, 0.3) is 6.08 Å². The number of alkyl halides is 1. The molecule has 0 amide bonds. The number of rotatable bonds is 4. The number of aliphatic hydroxyl groups excluding tert-OH is 2. The van der Waals surface area contributed by atoms with Gasteiger partial charge in [-0.1, -0.05) is 36.9 Å². The number of hydrogen-bond donors (Lipinski definition) is 2. The van der Waals surface area contributed by atoms with Crippen LogP contribution < -0.4 is 0 Å². The summed E-state index contributed by atoms with van der Waals surface area (Å²) in [6, 6.07) is 7.22. The van der Waals surface area contributed by atoms with E-state index >= 15 is 0 Å². The van der Waals surface area contributed by atoms with Gasteiger partial charge in [-0.05, 0) is 11.1 Å². The Morgan fingerprint density at radius 1 is 1.36 bits per heavy atom. The van der Waals surface area contributed by atoms with Gasteiger partial charge in [0.1, 0.15) is 6.10 Å². The van der Waals surface area contributed by atoms with Gasteiger partial charge in [0, 0.05) is 0 Å². The van der Waals surface area contributed by atoms with Gasteiger partial charge >= 0.3 is 0 Å². The second-order valence-corrected chi connectivity index (χ2v) is 3.31. The van der Waals surface area contributed by atoms with Crippen LogP contribution >= 0.6 is 11.6 Å². The van der Waals surface area contributed by atoms with Gasteiger partial charge in [-0.3, -0.25) is 0 Å². The van der Waals surface area contributed by atoms with Crippen LogP contribution in [-0.2, 0) is 0 Å². The SMILES string of the molecule is C=Cc1ccccc1C(O)C(O)CCl. The van der Waals surface area contributed by atoms with Crippen LogP contribution in [0.5, 0.6) is 0 Å². The Balaban J connectivity index is 2.99. The van der Waals surface area contributed by atoms with Crippen molar-refractivity contribution in [2.45, 2.75) is 12.2 Å². The quantitative estimate of drug-likeness (QED) is 0.750. The van der Waals surface area contributed by atoms with Crippen molar-refractivity contribution in [3.05, 3.63) is 42.0 Å². The molecule has 0 bridgehead atoms. The highest BCUT2D eigenvalue weighted by Gasteiger charge is 2.18. The molecule has 2 N–H and O–H groups in total. The van der Waals surface area contributed by atoms with Crippen molar-refractivity contribution in [1.82, 2.24) is 0 Å². The normalized spacial score (nSPS) is 14.8. The lowest BCUT2D eigenvalue weighted by Crippen LogP contribution is -2.20. The first-order valence-electron chi connectivity index (χ1n) is 4.34. The van der Waals surface area contributed by atoms with E-state index in [9.17, 15) is 10.2 Å². The van der Waals surface area contributed by atoms with E-state index in [0.29, 0.717) is 5.56 Å². The number of benzene rings is 1. The molecule has 1 aromatic carbocycles. The molecule has 2 unspecified atom stereocenters. The minimum atomic E-state index is -0.957. The van der Waals surface area contributed by atoms with Gasteiger partial charge < -0.3 is 10.2 Å².